The third-order valence-corrected chi connectivity index (χ3v) is 7.39. The van der Waals surface area contributed by atoms with Crippen molar-refractivity contribution in [3.05, 3.63) is 77.9 Å². The fourth-order valence-electron chi connectivity index (χ4n) is 5.24. The minimum Gasteiger partial charge on any atom is -0.444 e. The van der Waals surface area contributed by atoms with E-state index >= 15 is 0 Å². The van der Waals surface area contributed by atoms with Crippen LogP contribution in [0.3, 0.4) is 0 Å². The van der Waals surface area contributed by atoms with Crippen LogP contribution < -0.4 is 16.4 Å². The van der Waals surface area contributed by atoms with Gasteiger partial charge in [0.25, 0.3) is 5.91 Å². The van der Waals surface area contributed by atoms with Gasteiger partial charge in [-0.1, -0.05) is 92.8 Å². The summed E-state index contributed by atoms with van der Waals surface area (Å²) in [4.78, 5) is 54.8. The Morgan fingerprint density at radius 2 is 1.60 bits per heavy atom. The van der Waals surface area contributed by atoms with Gasteiger partial charge in [-0.25, -0.2) is 4.79 Å². The Morgan fingerprint density at radius 1 is 0.889 bits per heavy atom. The molecule has 0 aliphatic heterocycles. The Kier molecular flexibility index (Phi) is 12.9. The summed E-state index contributed by atoms with van der Waals surface area (Å²) in [7, 11) is 0. The Hall–Kier alpha value is -4.40. The van der Waals surface area contributed by atoms with E-state index in [-0.39, 0.29) is 25.3 Å². The molecule has 0 heterocycles. The van der Waals surface area contributed by atoms with Crippen LogP contribution in [0.15, 0.2) is 66.7 Å². The van der Waals surface area contributed by atoms with Crippen LogP contribution >= 0.6 is 0 Å². The highest BCUT2D eigenvalue weighted by Crippen LogP contribution is 2.28. The molecule has 0 bridgehead atoms. The highest BCUT2D eigenvalue weighted by molar-refractivity contribution is 6.00. The van der Waals surface area contributed by atoms with E-state index in [1.807, 2.05) is 73.7 Å². The number of alkyl carbamates (subject to hydrolysis) is 1. The van der Waals surface area contributed by atoms with Crippen molar-refractivity contribution < 1.29 is 23.9 Å². The molecule has 2 unspecified atom stereocenters. The first-order chi connectivity index (χ1) is 21.4. The quantitative estimate of drug-likeness (QED) is 0.162. The van der Waals surface area contributed by atoms with Crippen molar-refractivity contribution in [2.24, 2.45) is 5.73 Å². The fraction of sp³-hybridized carbons (Fsp3) is 0.444. The molecule has 0 saturated carbocycles. The summed E-state index contributed by atoms with van der Waals surface area (Å²) in [6.45, 7) is 9.50. The van der Waals surface area contributed by atoms with E-state index < -0.39 is 35.6 Å². The average molecular weight is 617 g/mol. The van der Waals surface area contributed by atoms with Crippen molar-refractivity contribution in [2.75, 3.05) is 11.9 Å². The zero-order valence-electron chi connectivity index (χ0n) is 27.2. The third-order valence-electron chi connectivity index (χ3n) is 7.39. The number of hydrogen-bond donors (Lipinski definition) is 3. The number of carbonyl (C=O) groups excluding carboxylic acids is 4. The van der Waals surface area contributed by atoms with Gasteiger partial charge in [0.2, 0.25) is 11.8 Å². The van der Waals surface area contributed by atoms with Crippen molar-refractivity contribution in [2.45, 2.75) is 97.2 Å². The fourth-order valence-corrected chi connectivity index (χ4v) is 5.24. The highest BCUT2D eigenvalue weighted by Gasteiger charge is 2.36. The van der Waals surface area contributed by atoms with E-state index in [4.69, 9.17) is 10.5 Å². The molecule has 0 aliphatic rings. The van der Waals surface area contributed by atoms with Crippen LogP contribution in [0, 0.1) is 6.92 Å². The van der Waals surface area contributed by atoms with Crippen LogP contribution in [0.25, 0.3) is 10.8 Å². The van der Waals surface area contributed by atoms with E-state index in [0.29, 0.717) is 17.7 Å². The minimum atomic E-state index is -1.14. The number of primary amides is 1. The van der Waals surface area contributed by atoms with Crippen molar-refractivity contribution in [3.8, 4) is 0 Å². The molecule has 0 saturated heterocycles. The van der Waals surface area contributed by atoms with Crippen LogP contribution in [0.5, 0.6) is 0 Å². The molecular formula is C36H48N4O5. The first-order valence-corrected chi connectivity index (χ1v) is 15.8. The van der Waals surface area contributed by atoms with E-state index in [0.717, 1.165) is 42.0 Å². The summed E-state index contributed by atoms with van der Waals surface area (Å²) in [5, 5.41) is 7.71. The Morgan fingerprint density at radius 3 is 2.27 bits per heavy atom. The number of carbonyl (C=O) groups is 4. The molecular weight excluding hydrogens is 568 g/mol. The molecule has 45 heavy (non-hydrogen) atoms. The lowest BCUT2D eigenvalue weighted by atomic mass is 9.99. The molecule has 3 rings (SSSR count). The second-order valence-corrected chi connectivity index (χ2v) is 12.5. The Bertz CT molecular complexity index is 1470. The number of rotatable bonds is 15. The summed E-state index contributed by atoms with van der Waals surface area (Å²) in [6.07, 6.45) is 3.71. The van der Waals surface area contributed by atoms with Gasteiger partial charge in [-0.05, 0) is 69.0 Å². The molecule has 242 valence electrons. The second-order valence-electron chi connectivity index (χ2n) is 12.5. The summed E-state index contributed by atoms with van der Waals surface area (Å²) >= 11 is 0. The van der Waals surface area contributed by atoms with Gasteiger partial charge in [-0.3, -0.25) is 14.4 Å². The van der Waals surface area contributed by atoms with Crippen LogP contribution in [0.1, 0.15) is 89.8 Å². The first kappa shape index (κ1) is 35.1. The topological polar surface area (TPSA) is 131 Å². The SMILES string of the molecule is CCCCCCCN(C(=O)C(CCC(N)=O)NC(=O)OC(C)(C)C)C(C(=O)Nc1ccc2ccccc2c1)c1cccc(C)c1. The minimum absolute atomic E-state index is 0.0351. The number of benzene rings is 3. The monoisotopic (exact) mass is 616 g/mol. The molecule has 2 atom stereocenters. The lowest BCUT2D eigenvalue weighted by Gasteiger charge is -2.34. The molecule has 3 aromatic carbocycles. The number of ether oxygens (including phenoxy) is 1. The van der Waals surface area contributed by atoms with Gasteiger partial charge >= 0.3 is 6.09 Å². The molecule has 0 aromatic heterocycles. The summed E-state index contributed by atoms with van der Waals surface area (Å²) in [6, 6.07) is 18.9. The summed E-state index contributed by atoms with van der Waals surface area (Å²) in [5.41, 5.74) is 6.82. The standard InChI is InChI=1S/C36H48N4O5/c1-6-7-8-9-12-22-40(34(43)30(20-21-31(37)41)39-35(44)45-36(3,4)5)32(28-17-13-14-25(2)23-28)33(42)38-29-19-18-26-15-10-11-16-27(26)24-29/h10-11,13-19,23-24,30,32H,6-9,12,20-22H2,1-5H3,(H2,37,41)(H,38,42)(H,39,44). The van der Waals surface area contributed by atoms with Crippen LogP contribution in [-0.4, -0.2) is 46.9 Å². The average Bonchev–Trinajstić information content (AvgIpc) is 2.97. The number of aryl methyl sites for hydroxylation is 1. The second kappa shape index (κ2) is 16.6. The normalized spacial score (nSPS) is 12.6. The van der Waals surface area contributed by atoms with Crippen molar-refractivity contribution >= 4 is 40.3 Å². The predicted molar refractivity (Wildman–Crippen MR) is 179 cm³/mol. The van der Waals surface area contributed by atoms with Gasteiger partial charge in [0.05, 0.1) is 0 Å². The van der Waals surface area contributed by atoms with Gasteiger partial charge in [0.15, 0.2) is 0 Å². The lowest BCUT2D eigenvalue weighted by Crippen LogP contribution is -2.52. The van der Waals surface area contributed by atoms with Crippen LogP contribution in [0.2, 0.25) is 0 Å². The summed E-state index contributed by atoms with van der Waals surface area (Å²) < 4.78 is 5.44. The predicted octanol–water partition coefficient (Wildman–Crippen LogP) is 6.79. The van der Waals surface area contributed by atoms with Crippen molar-refractivity contribution in [1.29, 1.82) is 0 Å². The summed E-state index contributed by atoms with van der Waals surface area (Å²) in [5.74, 6) is -1.48. The number of amides is 4. The maximum absolute atomic E-state index is 14.4. The van der Waals surface area contributed by atoms with Gasteiger partial charge < -0.3 is 26.0 Å². The van der Waals surface area contributed by atoms with E-state index in [2.05, 4.69) is 17.6 Å². The van der Waals surface area contributed by atoms with Crippen LogP contribution in [-0.2, 0) is 19.1 Å². The van der Waals surface area contributed by atoms with E-state index in [9.17, 15) is 19.2 Å². The number of hydrogen-bond acceptors (Lipinski definition) is 5. The zero-order chi connectivity index (χ0) is 33.0. The van der Waals surface area contributed by atoms with Gasteiger partial charge in [-0.15, -0.1) is 0 Å². The number of nitrogens with one attached hydrogen (secondary N) is 2. The molecule has 0 fully saturated rings. The van der Waals surface area contributed by atoms with Crippen LogP contribution in [0.4, 0.5) is 10.5 Å². The first-order valence-electron chi connectivity index (χ1n) is 15.8. The van der Waals surface area contributed by atoms with Gasteiger partial charge in [-0.2, -0.15) is 0 Å². The maximum Gasteiger partial charge on any atom is 0.408 e. The number of fused-ring (bicyclic) bond motifs is 1. The number of nitrogens with two attached hydrogens (primary N) is 1. The lowest BCUT2D eigenvalue weighted by molar-refractivity contribution is -0.141. The Labute approximate surface area is 266 Å². The van der Waals surface area contributed by atoms with Gasteiger partial charge in [0, 0.05) is 18.7 Å². The van der Waals surface area contributed by atoms with Crippen molar-refractivity contribution in [1.82, 2.24) is 10.2 Å². The number of nitrogens with zero attached hydrogens (tertiary/aromatic N) is 1. The number of anilines is 1. The third kappa shape index (κ3) is 11.2. The van der Waals surface area contributed by atoms with E-state index in [1.165, 1.54) is 4.90 Å². The Balaban J connectivity index is 2.03. The largest absolute Gasteiger partial charge is 0.444 e. The molecule has 0 spiro atoms. The molecule has 3 aromatic rings. The molecule has 0 aliphatic carbocycles. The molecule has 4 N–H and O–H groups in total. The zero-order valence-corrected chi connectivity index (χ0v) is 27.2. The van der Waals surface area contributed by atoms with Crippen molar-refractivity contribution in [3.63, 3.8) is 0 Å². The highest BCUT2D eigenvalue weighted by atomic mass is 16.6. The molecule has 4 amide bonds. The molecule has 9 heteroatoms. The smallest absolute Gasteiger partial charge is 0.408 e. The van der Waals surface area contributed by atoms with Gasteiger partial charge in [0.1, 0.15) is 17.7 Å². The maximum atomic E-state index is 14.4. The van der Waals surface area contributed by atoms with E-state index in [1.54, 1.807) is 20.8 Å². The molecule has 9 nitrogen and oxygen atoms in total. The molecule has 0 radical (unpaired) electrons. The number of unbranched alkanes of at least 4 members (excludes halogenated alkanes) is 4.